The smallest absolute Gasteiger partial charge is 0.171 e. The lowest BCUT2D eigenvalue weighted by molar-refractivity contribution is -0.00972. The molecule has 2 nitrogen and oxygen atoms in total. The Morgan fingerprint density at radius 2 is 1.52 bits per heavy atom. The number of thiocarbonyl (C=S) groups is 1. The first kappa shape index (κ1) is 13.8. The molecular weight excluding hydrogens is 300 g/mol. The summed E-state index contributed by atoms with van der Waals surface area (Å²) in [4.78, 5) is 0. The minimum Gasteiger partial charge on any atom is -0.357 e. The third-order valence-corrected chi connectivity index (χ3v) is 5.98. The molecule has 0 unspecified atom stereocenters. The molecule has 2 N–H and O–H groups in total. The fraction of sp³-hybridized carbons (Fsp3) is 0.588. The summed E-state index contributed by atoms with van der Waals surface area (Å²) in [5.41, 5.74) is 1.27. The lowest BCUT2D eigenvalue weighted by atomic mass is 9.53. The Labute approximate surface area is 136 Å². The molecule has 0 amide bonds. The molecule has 0 atom stereocenters. The number of nitrogens with one attached hydrogen (secondary N) is 2. The van der Waals surface area contributed by atoms with Crippen molar-refractivity contribution in [3.05, 3.63) is 29.3 Å². The van der Waals surface area contributed by atoms with Crippen LogP contribution in [-0.2, 0) is 0 Å². The Balaban J connectivity index is 1.43. The maximum absolute atomic E-state index is 5.92. The van der Waals surface area contributed by atoms with Crippen molar-refractivity contribution >= 4 is 34.6 Å². The van der Waals surface area contributed by atoms with E-state index in [9.17, 15) is 0 Å². The van der Waals surface area contributed by atoms with Crippen molar-refractivity contribution in [2.45, 2.75) is 44.1 Å². The molecule has 0 spiro atoms. The molecule has 0 heterocycles. The van der Waals surface area contributed by atoms with E-state index in [4.69, 9.17) is 23.8 Å². The normalized spacial score (nSPS) is 36.5. The summed E-state index contributed by atoms with van der Waals surface area (Å²) < 4.78 is 0. The van der Waals surface area contributed by atoms with Gasteiger partial charge in [-0.25, -0.2) is 0 Å². The molecule has 4 aliphatic carbocycles. The minimum atomic E-state index is 0.269. The Kier molecular flexibility index (Phi) is 3.38. The number of rotatable bonds is 2. The highest BCUT2D eigenvalue weighted by atomic mass is 35.5. The molecule has 1 aromatic carbocycles. The largest absolute Gasteiger partial charge is 0.357 e. The average Bonchev–Trinajstić information content (AvgIpc) is 2.39. The van der Waals surface area contributed by atoms with Gasteiger partial charge in [0, 0.05) is 16.2 Å². The van der Waals surface area contributed by atoms with Crippen LogP contribution in [0.25, 0.3) is 0 Å². The molecule has 0 aromatic heterocycles. The van der Waals surface area contributed by atoms with Crippen LogP contribution in [0, 0.1) is 17.8 Å². The van der Waals surface area contributed by atoms with E-state index in [-0.39, 0.29) is 5.54 Å². The van der Waals surface area contributed by atoms with Crippen LogP contribution in [0.1, 0.15) is 38.5 Å². The molecule has 4 saturated carbocycles. The van der Waals surface area contributed by atoms with Gasteiger partial charge in [0.15, 0.2) is 5.11 Å². The molecule has 4 bridgehead atoms. The van der Waals surface area contributed by atoms with E-state index in [1.165, 1.54) is 38.5 Å². The average molecular weight is 321 g/mol. The summed E-state index contributed by atoms with van der Waals surface area (Å²) in [5, 5.41) is 8.49. The van der Waals surface area contributed by atoms with E-state index in [0.717, 1.165) is 33.6 Å². The van der Waals surface area contributed by atoms with Crippen LogP contribution < -0.4 is 10.6 Å². The van der Waals surface area contributed by atoms with Gasteiger partial charge in [-0.3, -0.25) is 0 Å². The molecule has 0 aliphatic heterocycles. The van der Waals surface area contributed by atoms with Gasteiger partial charge in [-0.1, -0.05) is 11.6 Å². The summed E-state index contributed by atoms with van der Waals surface area (Å²) in [6, 6.07) is 7.71. The molecule has 1 aromatic rings. The van der Waals surface area contributed by atoms with Crippen molar-refractivity contribution in [2.75, 3.05) is 5.32 Å². The second-order valence-corrected chi connectivity index (χ2v) is 8.13. The molecule has 0 radical (unpaired) electrons. The quantitative estimate of drug-likeness (QED) is 0.779. The van der Waals surface area contributed by atoms with Gasteiger partial charge >= 0.3 is 0 Å². The van der Waals surface area contributed by atoms with E-state index in [1.54, 1.807) is 0 Å². The predicted molar refractivity (Wildman–Crippen MR) is 91.7 cm³/mol. The van der Waals surface area contributed by atoms with Crippen molar-refractivity contribution in [1.29, 1.82) is 0 Å². The van der Waals surface area contributed by atoms with Crippen molar-refractivity contribution < 1.29 is 0 Å². The molecule has 4 aliphatic rings. The molecule has 112 valence electrons. The first-order chi connectivity index (χ1) is 10.1. The van der Waals surface area contributed by atoms with Gasteiger partial charge in [0.2, 0.25) is 0 Å². The predicted octanol–water partition coefficient (Wildman–Crippen LogP) is 4.60. The lowest BCUT2D eigenvalue weighted by Crippen LogP contribution is -2.60. The first-order valence-electron chi connectivity index (χ1n) is 7.95. The summed E-state index contributed by atoms with van der Waals surface area (Å²) >= 11 is 11.5. The molecule has 4 fully saturated rings. The van der Waals surface area contributed by atoms with Crippen molar-refractivity contribution in [2.24, 2.45) is 17.8 Å². The molecular formula is C17H21ClN2S. The van der Waals surface area contributed by atoms with E-state index < -0.39 is 0 Å². The van der Waals surface area contributed by atoms with Gasteiger partial charge in [0.05, 0.1) is 0 Å². The van der Waals surface area contributed by atoms with E-state index in [1.807, 2.05) is 24.3 Å². The van der Waals surface area contributed by atoms with Crippen molar-refractivity contribution in [3.8, 4) is 0 Å². The van der Waals surface area contributed by atoms with E-state index >= 15 is 0 Å². The Hall–Kier alpha value is -0.800. The standard InChI is InChI=1S/C17H21ClN2S/c18-14-1-3-15(4-2-14)19-16(21)20-17-8-11-5-12(9-17)7-13(6-11)10-17/h1-4,11-13H,5-10H2,(H2,19,20,21). The van der Waals surface area contributed by atoms with Crippen LogP contribution in [0.3, 0.4) is 0 Å². The monoisotopic (exact) mass is 320 g/mol. The highest BCUT2D eigenvalue weighted by Gasteiger charge is 2.51. The van der Waals surface area contributed by atoms with Crippen LogP contribution in [0.4, 0.5) is 5.69 Å². The van der Waals surface area contributed by atoms with Crippen LogP contribution in [0.5, 0.6) is 0 Å². The fourth-order valence-electron chi connectivity index (χ4n) is 5.20. The SMILES string of the molecule is S=C(Nc1ccc(Cl)cc1)NC12CC3CC(CC(C3)C1)C2. The molecule has 0 saturated heterocycles. The zero-order chi connectivity index (χ0) is 14.4. The maximum Gasteiger partial charge on any atom is 0.171 e. The highest BCUT2D eigenvalue weighted by molar-refractivity contribution is 7.80. The van der Waals surface area contributed by atoms with Gasteiger partial charge in [0.1, 0.15) is 0 Å². The van der Waals surface area contributed by atoms with Crippen LogP contribution in [0.2, 0.25) is 5.02 Å². The van der Waals surface area contributed by atoms with Crippen LogP contribution >= 0.6 is 23.8 Å². The van der Waals surface area contributed by atoms with Gasteiger partial charge in [-0.05, 0) is 92.8 Å². The van der Waals surface area contributed by atoms with Gasteiger partial charge in [-0.2, -0.15) is 0 Å². The summed E-state index contributed by atoms with van der Waals surface area (Å²) in [6.45, 7) is 0. The van der Waals surface area contributed by atoms with Gasteiger partial charge < -0.3 is 10.6 Å². The maximum atomic E-state index is 5.92. The number of halogens is 1. The van der Waals surface area contributed by atoms with E-state index in [0.29, 0.717) is 0 Å². The van der Waals surface area contributed by atoms with E-state index in [2.05, 4.69) is 10.6 Å². The number of anilines is 1. The first-order valence-corrected chi connectivity index (χ1v) is 8.74. The highest BCUT2D eigenvalue weighted by Crippen LogP contribution is 2.55. The molecule has 4 heteroatoms. The zero-order valence-corrected chi connectivity index (χ0v) is 13.6. The van der Waals surface area contributed by atoms with Gasteiger partial charge in [0.25, 0.3) is 0 Å². The number of benzene rings is 1. The molecule has 5 rings (SSSR count). The summed E-state index contributed by atoms with van der Waals surface area (Å²) in [6.07, 6.45) is 8.29. The number of hydrogen-bond donors (Lipinski definition) is 2. The second kappa shape index (κ2) is 5.13. The van der Waals surface area contributed by atoms with Crippen molar-refractivity contribution in [1.82, 2.24) is 5.32 Å². The zero-order valence-electron chi connectivity index (χ0n) is 12.1. The van der Waals surface area contributed by atoms with Crippen molar-refractivity contribution in [3.63, 3.8) is 0 Å². The number of hydrogen-bond acceptors (Lipinski definition) is 1. The molecule has 21 heavy (non-hydrogen) atoms. The Morgan fingerprint density at radius 3 is 2.05 bits per heavy atom. The third-order valence-electron chi connectivity index (χ3n) is 5.52. The fourth-order valence-corrected chi connectivity index (χ4v) is 5.66. The summed E-state index contributed by atoms with van der Waals surface area (Å²) in [7, 11) is 0. The lowest BCUT2D eigenvalue weighted by Gasteiger charge is -2.57. The Bertz CT molecular complexity index is 519. The topological polar surface area (TPSA) is 24.1 Å². The third kappa shape index (κ3) is 2.78. The second-order valence-electron chi connectivity index (χ2n) is 7.28. The van der Waals surface area contributed by atoms with Crippen LogP contribution in [-0.4, -0.2) is 10.7 Å². The van der Waals surface area contributed by atoms with Gasteiger partial charge in [-0.15, -0.1) is 0 Å². The summed E-state index contributed by atoms with van der Waals surface area (Å²) in [5.74, 6) is 2.80. The van der Waals surface area contributed by atoms with Crippen LogP contribution in [0.15, 0.2) is 24.3 Å². The minimum absolute atomic E-state index is 0.269. The Morgan fingerprint density at radius 1 is 1.00 bits per heavy atom.